The van der Waals surface area contributed by atoms with Crippen molar-refractivity contribution in [3.63, 3.8) is 0 Å². The molecule has 0 spiro atoms. The first-order chi connectivity index (χ1) is 17.1. The van der Waals surface area contributed by atoms with Crippen LogP contribution in [-0.2, 0) is 11.3 Å². The van der Waals surface area contributed by atoms with Gasteiger partial charge in [-0.3, -0.25) is 9.36 Å². The number of thioether (sulfide) groups is 1. The van der Waals surface area contributed by atoms with Crippen LogP contribution in [0.4, 0.5) is 10.1 Å². The first-order valence-electron chi connectivity index (χ1n) is 11.5. The molecule has 5 rings (SSSR count). The van der Waals surface area contributed by atoms with Crippen LogP contribution in [0.3, 0.4) is 0 Å². The molecule has 0 unspecified atom stereocenters. The van der Waals surface area contributed by atoms with Crippen LogP contribution in [0.2, 0.25) is 0 Å². The maximum Gasteiger partial charge on any atom is 0.233 e. The van der Waals surface area contributed by atoms with Gasteiger partial charge in [0.15, 0.2) is 28.6 Å². The van der Waals surface area contributed by atoms with Crippen molar-refractivity contribution in [3.8, 4) is 11.5 Å². The summed E-state index contributed by atoms with van der Waals surface area (Å²) in [7, 11) is 0. The smallest absolute Gasteiger partial charge is 0.233 e. The van der Waals surface area contributed by atoms with E-state index in [0.29, 0.717) is 67.5 Å². The summed E-state index contributed by atoms with van der Waals surface area (Å²) in [5, 5.41) is 9.29. The van der Waals surface area contributed by atoms with E-state index < -0.39 is 6.10 Å². The van der Waals surface area contributed by atoms with Crippen molar-refractivity contribution in [3.05, 3.63) is 72.8 Å². The van der Waals surface area contributed by atoms with Gasteiger partial charge >= 0.3 is 0 Å². The lowest BCUT2D eigenvalue weighted by Crippen LogP contribution is -2.49. The third kappa shape index (κ3) is 4.97. The minimum absolute atomic E-state index is 0.0177. The van der Waals surface area contributed by atoms with Gasteiger partial charge in [0.2, 0.25) is 5.91 Å². The maximum absolute atomic E-state index is 14.1. The van der Waals surface area contributed by atoms with Gasteiger partial charge in [-0.1, -0.05) is 42.1 Å². The predicted octanol–water partition coefficient (Wildman–Crippen LogP) is 3.56. The number of benzene rings is 2. The number of amides is 1. The highest BCUT2D eigenvalue weighted by molar-refractivity contribution is 7.99. The van der Waals surface area contributed by atoms with Gasteiger partial charge in [0.1, 0.15) is 12.4 Å². The molecule has 2 aromatic carbocycles. The minimum atomic E-state index is -0.408. The quantitative estimate of drug-likeness (QED) is 0.367. The number of nitrogens with zero attached hydrogens (tertiary/aromatic N) is 5. The Labute approximate surface area is 207 Å². The van der Waals surface area contributed by atoms with Crippen molar-refractivity contribution < 1.29 is 18.7 Å². The maximum atomic E-state index is 14.1. The zero-order valence-corrected chi connectivity index (χ0v) is 20.0. The Balaban J connectivity index is 1.20. The number of fused-ring (bicyclic) bond motifs is 1. The summed E-state index contributed by atoms with van der Waals surface area (Å²) < 4.78 is 27.9. The van der Waals surface area contributed by atoms with E-state index in [-0.39, 0.29) is 17.5 Å². The van der Waals surface area contributed by atoms with E-state index >= 15 is 0 Å². The molecule has 8 nitrogen and oxygen atoms in total. The minimum Gasteiger partial charge on any atom is -0.485 e. The molecule has 1 fully saturated rings. The van der Waals surface area contributed by atoms with Crippen LogP contribution in [0.25, 0.3) is 0 Å². The number of hydrogen-bond acceptors (Lipinski definition) is 7. The number of piperazine rings is 1. The van der Waals surface area contributed by atoms with Crippen LogP contribution in [0, 0.1) is 5.82 Å². The molecule has 1 aromatic heterocycles. The summed E-state index contributed by atoms with van der Waals surface area (Å²) in [5.74, 6) is 2.01. The molecule has 3 aromatic rings. The van der Waals surface area contributed by atoms with E-state index in [1.807, 2.05) is 44.7 Å². The monoisotopic (exact) mass is 495 g/mol. The molecule has 0 saturated carbocycles. The van der Waals surface area contributed by atoms with Crippen LogP contribution in [-0.4, -0.2) is 64.1 Å². The molecule has 2 aliphatic heterocycles. The van der Waals surface area contributed by atoms with Gasteiger partial charge in [0.25, 0.3) is 0 Å². The normalized spacial score (nSPS) is 17.3. The number of carbonyl (C=O) groups excluding carboxylic acids is 1. The van der Waals surface area contributed by atoms with Crippen LogP contribution < -0.4 is 14.4 Å². The number of para-hydroxylation sites is 3. The van der Waals surface area contributed by atoms with Crippen molar-refractivity contribution in [2.45, 2.75) is 17.8 Å². The molecular formula is C25H26FN5O3S. The first-order valence-corrected chi connectivity index (χ1v) is 12.4. The average molecular weight is 496 g/mol. The fourth-order valence-corrected chi connectivity index (χ4v) is 5.07. The second-order valence-corrected chi connectivity index (χ2v) is 9.15. The van der Waals surface area contributed by atoms with Crippen molar-refractivity contribution in [1.29, 1.82) is 0 Å². The molecule has 3 heterocycles. The fraction of sp³-hybridized carbons (Fsp3) is 0.320. The fourth-order valence-electron chi connectivity index (χ4n) is 4.21. The number of anilines is 1. The predicted molar refractivity (Wildman–Crippen MR) is 131 cm³/mol. The van der Waals surface area contributed by atoms with Gasteiger partial charge in [-0.15, -0.1) is 16.8 Å². The summed E-state index contributed by atoms with van der Waals surface area (Å²) in [6, 6.07) is 14.2. The lowest BCUT2D eigenvalue weighted by molar-refractivity contribution is -0.128. The van der Waals surface area contributed by atoms with E-state index in [1.165, 1.54) is 17.8 Å². The molecule has 0 bridgehead atoms. The summed E-state index contributed by atoms with van der Waals surface area (Å²) in [6.07, 6.45) is 1.35. The molecule has 0 aliphatic carbocycles. The molecule has 1 saturated heterocycles. The van der Waals surface area contributed by atoms with Crippen molar-refractivity contribution in [1.82, 2.24) is 19.7 Å². The van der Waals surface area contributed by atoms with Crippen LogP contribution >= 0.6 is 11.8 Å². The summed E-state index contributed by atoms with van der Waals surface area (Å²) in [4.78, 5) is 16.7. The second kappa shape index (κ2) is 10.4. The molecule has 2 aliphatic rings. The number of ether oxygens (including phenoxy) is 2. The average Bonchev–Trinajstić information content (AvgIpc) is 3.30. The van der Waals surface area contributed by atoms with Gasteiger partial charge in [0, 0.05) is 32.7 Å². The van der Waals surface area contributed by atoms with Crippen molar-refractivity contribution >= 4 is 23.4 Å². The Bertz CT molecular complexity index is 1210. The molecule has 1 atom stereocenters. The highest BCUT2D eigenvalue weighted by atomic mass is 32.2. The molecule has 10 heteroatoms. The number of hydrogen-bond donors (Lipinski definition) is 0. The van der Waals surface area contributed by atoms with Crippen molar-refractivity contribution in [2.75, 3.05) is 43.4 Å². The summed E-state index contributed by atoms with van der Waals surface area (Å²) in [6.45, 7) is 6.93. The molecule has 0 radical (unpaired) electrons. The second-order valence-electron chi connectivity index (χ2n) is 8.21. The number of rotatable bonds is 7. The molecule has 35 heavy (non-hydrogen) atoms. The van der Waals surface area contributed by atoms with Crippen LogP contribution in [0.15, 0.2) is 66.3 Å². The topological polar surface area (TPSA) is 72.7 Å². The van der Waals surface area contributed by atoms with Crippen LogP contribution in [0.5, 0.6) is 11.5 Å². The van der Waals surface area contributed by atoms with E-state index in [9.17, 15) is 9.18 Å². The SMILES string of the molecule is C=CCn1c(SCC(=O)N2CCN(c3ccccc3F)CC2)nnc1[C@H]1COc2ccccc2O1. The standard InChI is InChI=1S/C25H26FN5O3S/c1-2-11-31-24(22-16-33-20-9-5-6-10-21(20)34-22)27-28-25(31)35-17-23(32)30-14-12-29(13-15-30)19-8-4-3-7-18(19)26/h2-10,22H,1,11-17H2/t22-/m1/s1. The number of aromatic nitrogens is 3. The highest BCUT2D eigenvalue weighted by Gasteiger charge is 2.29. The van der Waals surface area contributed by atoms with E-state index in [1.54, 1.807) is 18.2 Å². The van der Waals surface area contributed by atoms with Gasteiger partial charge in [0.05, 0.1) is 11.4 Å². The zero-order chi connectivity index (χ0) is 24.2. The Hall–Kier alpha value is -3.53. The van der Waals surface area contributed by atoms with Gasteiger partial charge < -0.3 is 19.3 Å². The third-order valence-corrected chi connectivity index (χ3v) is 6.96. The number of carbonyl (C=O) groups is 1. The Kier molecular flexibility index (Phi) is 6.89. The molecule has 0 N–H and O–H groups in total. The van der Waals surface area contributed by atoms with Crippen LogP contribution in [0.1, 0.15) is 11.9 Å². The number of allylic oxidation sites excluding steroid dienone is 1. The highest BCUT2D eigenvalue weighted by Crippen LogP contribution is 2.36. The van der Waals surface area contributed by atoms with E-state index in [4.69, 9.17) is 9.47 Å². The Morgan fingerprint density at radius 2 is 1.83 bits per heavy atom. The summed E-state index contributed by atoms with van der Waals surface area (Å²) >= 11 is 1.34. The summed E-state index contributed by atoms with van der Waals surface area (Å²) in [5.41, 5.74) is 0.579. The van der Waals surface area contributed by atoms with Gasteiger partial charge in [-0.05, 0) is 24.3 Å². The Morgan fingerprint density at radius 1 is 1.09 bits per heavy atom. The molecule has 182 valence electrons. The van der Waals surface area contributed by atoms with E-state index in [0.717, 1.165) is 0 Å². The van der Waals surface area contributed by atoms with Gasteiger partial charge in [-0.2, -0.15) is 0 Å². The molecule has 1 amide bonds. The largest absolute Gasteiger partial charge is 0.485 e. The lowest BCUT2D eigenvalue weighted by Gasteiger charge is -2.36. The first kappa shape index (κ1) is 23.2. The Morgan fingerprint density at radius 3 is 2.60 bits per heavy atom. The third-order valence-electron chi connectivity index (χ3n) is 6.00. The number of halogens is 1. The molecular weight excluding hydrogens is 469 g/mol. The zero-order valence-electron chi connectivity index (χ0n) is 19.2. The van der Waals surface area contributed by atoms with Gasteiger partial charge in [-0.25, -0.2) is 4.39 Å². The lowest BCUT2D eigenvalue weighted by atomic mass is 10.2. The van der Waals surface area contributed by atoms with E-state index in [2.05, 4.69) is 16.8 Å². The van der Waals surface area contributed by atoms with Crippen molar-refractivity contribution in [2.24, 2.45) is 0 Å².